The zero-order valence-electron chi connectivity index (χ0n) is 10.8. The van der Waals surface area contributed by atoms with Gasteiger partial charge in [-0.2, -0.15) is 0 Å². The Balaban J connectivity index is 2.13. The number of likely N-dealkylation sites (tertiary alicyclic amines) is 1. The lowest BCUT2D eigenvalue weighted by Gasteiger charge is -2.21. The SMILES string of the molecule is Cc1sc(C(=O)NN)cc1CN1CCCC1C(N)=O. The van der Waals surface area contributed by atoms with Crippen LogP contribution in [-0.2, 0) is 11.3 Å². The van der Waals surface area contributed by atoms with Crippen molar-refractivity contribution in [3.63, 3.8) is 0 Å². The average molecular weight is 282 g/mol. The number of nitrogens with one attached hydrogen (secondary N) is 1. The third-order valence-electron chi connectivity index (χ3n) is 3.44. The number of aryl methyl sites for hydroxylation is 1. The van der Waals surface area contributed by atoms with E-state index in [2.05, 4.69) is 10.3 Å². The van der Waals surface area contributed by atoms with Crippen molar-refractivity contribution >= 4 is 23.2 Å². The third kappa shape index (κ3) is 2.94. The standard InChI is InChI=1S/C12H18N4O2S/c1-7-8(5-10(19-7)12(18)15-14)6-16-4-2-3-9(16)11(13)17/h5,9H,2-4,6,14H2,1H3,(H2,13,17)(H,15,18). The van der Waals surface area contributed by atoms with Gasteiger partial charge >= 0.3 is 0 Å². The van der Waals surface area contributed by atoms with E-state index in [-0.39, 0.29) is 17.9 Å². The Bertz CT molecular complexity index is 500. The maximum absolute atomic E-state index is 11.5. The smallest absolute Gasteiger partial charge is 0.275 e. The summed E-state index contributed by atoms with van der Waals surface area (Å²) in [5.41, 5.74) is 8.57. The molecule has 2 amide bonds. The monoisotopic (exact) mass is 282 g/mol. The van der Waals surface area contributed by atoms with E-state index < -0.39 is 0 Å². The van der Waals surface area contributed by atoms with Crippen LogP contribution in [0, 0.1) is 6.92 Å². The van der Waals surface area contributed by atoms with Crippen molar-refractivity contribution in [1.29, 1.82) is 0 Å². The zero-order valence-corrected chi connectivity index (χ0v) is 11.6. The normalized spacial score (nSPS) is 19.6. The van der Waals surface area contributed by atoms with Gasteiger partial charge in [0.15, 0.2) is 0 Å². The van der Waals surface area contributed by atoms with Gasteiger partial charge in [-0.3, -0.25) is 19.9 Å². The molecule has 0 aromatic carbocycles. The van der Waals surface area contributed by atoms with Crippen LogP contribution in [0.25, 0.3) is 0 Å². The molecule has 0 radical (unpaired) electrons. The van der Waals surface area contributed by atoms with Crippen LogP contribution in [0.5, 0.6) is 0 Å². The summed E-state index contributed by atoms with van der Waals surface area (Å²) >= 11 is 1.41. The number of nitrogen functional groups attached to an aromatic ring is 1. The molecule has 1 aliphatic rings. The van der Waals surface area contributed by atoms with Crippen molar-refractivity contribution in [3.05, 3.63) is 21.4 Å². The van der Waals surface area contributed by atoms with Crippen molar-refractivity contribution in [3.8, 4) is 0 Å². The first-order valence-corrected chi connectivity index (χ1v) is 6.98. The van der Waals surface area contributed by atoms with Crippen molar-refractivity contribution in [1.82, 2.24) is 10.3 Å². The maximum atomic E-state index is 11.5. The first-order chi connectivity index (χ1) is 9.02. The molecule has 0 spiro atoms. The fourth-order valence-corrected chi connectivity index (χ4v) is 3.35. The summed E-state index contributed by atoms with van der Waals surface area (Å²) in [6.07, 6.45) is 1.79. The zero-order chi connectivity index (χ0) is 14.0. The lowest BCUT2D eigenvalue weighted by molar-refractivity contribution is -0.122. The van der Waals surface area contributed by atoms with Gasteiger partial charge in [-0.1, -0.05) is 0 Å². The Labute approximate surface area is 115 Å². The van der Waals surface area contributed by atoms with Crippen molar-refractivity contribution in [2.75, 3.05) is 6.54 Å². The van der Waals surface area contributed by atoms with Crippen LogP contribution in [0.3, 0.4) is 0 Å². The van der Waals surface area contributed by atoms with Gasteiger partial charge < -0.3 is 5.73 Å². The van der Waals surface area contributed by atoms with Gasteiger partial charge in [0.25, 0.3) is 5.91 Å². The van der Waals surface area contributed by atoms with Crippen molar-refractivity contribution < 1.29 is 9.59 Å². The highest BCUT2D eigenvalue weighted by molar-refractivity contribution is 7.14. The lowest BCUT2D eigenvalue weighted by Crippen LogP contribution is -2.39. The van der Waals surface area contributed by atoms with Crippen molar-refractivity contribution in [2.24, 2.45) is 11.6 Å². The first-order valence-electron chi connectivity index (χ1n) is 6.16. The van der Waals surface area contributed by atoms with E-state index in [1.807, 2.05) is 13.0 Å². The van der Waals surface area contributed by atoms with E-state index in [1.54, 1.807) is 0 Å². The summed E-state index contributed by atoms with van der Waals surface area (Å²) < 4.78 is 0. The summed E-state index contributed by atoms with van der Waals surface area (Å²) in [6, 6.07) is 1.64. The van der Waals surface area contributed by atoms with E-state index in [0.717, 1.165) is 29.8 Å². The number of hydrazine groups is 1. The van der Waals surface area contributed by atoms with E-state index >= 15 is 0 Å². The molecule has 1 aliphatic heterocycles. The Kier molecular flexibility index (Phi) is 4.18. The molecule has 7 heteroatoms. The van der Waals surface area contributed by atoms with Crippen LogP contribution >= 0.6 is 11.3 Å². The van der Waals surface area contributed by atoms with Gasteiger partial charge in [0.2, 0.25) is 5.91 Å². The van der Waals surface area contributed by atoms with Crippen LogP contribution in [0.1, 0.15) is 33.0 Å². The van der Waals surface area contributed by atoms with Crippen LogP contribution < -0.4 is 17.0 Å². The minimum absolute atomic E-state index is 0.189. The van der Waals surface area contributed by atoms with Gasteiger partial charge in [-0.25, -0.2) is 5.84 Å². The number of carbonyl (C=O) groups excluding carboxylic acids is 2. The molecule has 1 aromatic rings. The molecule has 1 unspecified atom stereocenters. The number of nitrogens with zero attached hydrogens (tertiary/aromatic N) is 1. The minimum Gasteiger partial charge on any atom is -0.368 e. The Morgan fingerprint density at radius 2 is 2.32 bits per heavy atom. The van der Waals surface area contributed by atoms with E-state index in [4.69, 9.17) is 11.6 Å². The highest BCUT2D eigenvalue weighted by atomic mass is 32.1. The number of amides is 2. The van der Waals surface area contributed by atoms with E-state index in [9.17, 15) is 9.59 Å². The average Bonchev–Trinajstić information content (AvgIpc) is 2.96. The number of hydrogen-bond donors (Lipinski definition) is 3. The number of nitrogens with two attached hydrogens (primary N) is 2. The molecule has 1 atom stereocenters. The topological polar surface area (TPSA) is 101 Å². The molecule has 0 aliphatic carbocycles. The van der Waals surface area contributed by atoms with Crippen LogP contribution in [0.4, 0.5) is 0 Å². The molecule has 5 N–H and O–H groups in total. The molecule has 6 nitrogen and oxygen atoms in total. The Hall–Kier alpha value is -1.44. The molecular weight excluding hydrogens is 264 g/mol. The van der Waals surface area contributed by atoms with Crippen LogP contribution in [0.2, 0.25) is 0 Å². The highest BCUT2D eigenvalue weighted by Crippen LogP contribution is 2.26. The van der Waals surface area contributed by atoms with Gasteiger partial charge in [-0.05, 0) is 37.9 Å². The molecule has 1 fully saturated rings. The van der Waals surface area contributed by atoms with Gasteiger partial charge in [0.05, 0.1) is 10.9 Å². The van der Waals surface area contributed by atoms with Crippen LogP contribution in [0.15, 0.2) is 6.07 Å². The number of carbonyl (C=O) groups is 2. The minimum atomic E-state index is -0.285. The molecule has 1 aromatic heterocycles. The predicted octanol–water partition coefficient (Wildman–Crippen LogP) is 0.110. The number of thiophene rings is 1. The van der Waals surface area contributed by atoms with E-state index in [0.29, 0.717) is 11.4 Å². The molecule has 2 heterocycles. The molecule has 0 saturated carbocycles. The molecular formula is C12H18N4O2S. The van der Waals surface area contributed by atoms with Gasteiger partial charge in [-0.15, -0.1) is 11.3 Å². The number of rotatable bonds is 4. The third-order valence-corrected chi connectivity index (χ3v) is 4.53. The van der Waals surface area contributed by atoms with E-state index in [1.165, 1.54) is 11.3 Å². The Morgan fingerprint density at radius 3 is 2.95 bits per heavy atom. The highest BCUT2D eigenvalue weighted by Gasteiger charge is 2.29. The second-order valence-electron chi connectivity index (χ2n) is 4.70. The first kappa shape index (κ1) is 14.0. The number of hydrogen-bond acceptors (Lipinski definition) is 5. The summed E-state index contributed by atoms with van der Waals surface area (Å²) in [4.78, 5) is 26.5. The van der Waals surface area contributed by atoms with Crippen molar-refractivity contribution in [2.45, 2.75) is 32.4 Å². The number of primary amides is 1. The second kappa shape index (κ2) is 5.68. The molecule has 2 rings (SSSR count). The fraction of sp³-hybridized carbons (Fsp3) is 0.500. The molecule has 104 valence electrons. The lowest BCUT2D eigenvalue weighted by atomic mass is 10.2. The molecule has 0 bridgehead atoms. The van der Waals surface area contributed by atoms with Gasteiger partial charge in [0.1, 0.15) is 0 Å². The molecule has 1 saturated heterocycles. The Morgan fingerprint density at radius 1 is 1.58 bits per heavy atom. The van der Waals surface area contributed by atoms with Gasteiger partial charge in [0, 0.05) is 11.4 Å². The fourth-order valence-electron chi connectivity index (χ4n) is 2.42. The second-order valence-corrected chi connectivity index (χ2v) is 5.95. The summed E-state index contributed by atoms with van der Waals surface area (Å²) in [5.74, 6) is 4.57. The summed E-state index contributed by atoms with van der Waals surface area (Å²) in [5, 5.41) is 0. The maximum Gasteiger partial charge on any atom is 0.275 e. The quantitative estimate of drug-likeness (QED) is 0.414. The molecule has 19 heavy (non-hydrogen) atoms. The largest absolute Gasteiger partial charge is 0.368 e. The summed E-state index contributed by atoms with van der Waals surface area (Å²) in [7, 11) is 0. The van der Waals surface area contributed by atoms with Crippen LogP contribution in [-0.4, -0.2) is 29.3 Å². The predicted molar refractivity (Wildman–Crippen MR) is 73.3 cm³/mol. The summed E-state index contributed by atoms with van der Waals surface area (Å²) in [6.45, 7) is 3.47.